The van der Waals surface area contributed by atoms with Crippen molar-refractivity contribution in [3.05, 3.63) is 60.8 Å². The first-order valence-corrected chi connectivity index (χ1v) is 23.2. The molecule has 0 spiro atoms. The average molecular weight is 796 g/mol. The van der Waals surface area contributed by atoms with Crippen LogP contribution in [0.2, 0.25) is 0 Å². The second-order valence-electron chi connectivity index (χ2n) is 19.8. The number of rotatable bonds is 24. The van der Waals surface area contributed by atoms with Crippen molar-refractivity contribution in [3.63, 3.8) is 0 Å². The molecule has 0 aromatic carbocycles. The van der Waals surface area contributed by atoms with Crippen molar-refractivity contribution in [2.24, 2.45) is 52.3 Å². The van der Waals surface area contributed by atoms with Crippen LogP contribution >= 0.6 is 0 Å². The Morgan fingerprint density at radius 2 is 1.40 bits per heavy atom. The molecule has 0 amide bonds. The number of likely N-dealkylation sites (N-methyl/N-ethyl adjacent to an activating group) is 1. The molecular formula is C50H85NO6. The molecule has 3 N–H and O–H groups in total. The van der Waals surface area contributed by atoms with Gasteiger partial charge < -0.3 is 34.4 Å². The summed E-state index contributed by atoms with van der Waals surface area (Å²) in [6.45, 7) is 11.9. The van der Waals surface area contributed by atoms with Crippen LogP contribution in [-0.4, -0.2) is 85.5 Å². The molecule has 0 radical (unpaired) electrons. The van der Waals surface area contributed by atoms with Gasteiger partial charge in [-0.05, 0) is 162 Å². The summed E-state index contributed by atoms with van der Waals surface area (Å²) in [5.41, 5.74) is 0.313. The molecule has 4 saturated carbocycles. The Hall–Kier alpha value is -1.58. The number of fused-ring (bicyclic) bond motifs is 5. The van der Waals surface area contributed by atoms with Gasteiger partial charge in [0.15, 0.2) is 6.29 Å². The van der Waals surface area contributed by atoms with Gasteiger partial charge in [-0.15, -0.1) is 0 Å². The summed E-state index contributed by atoms with van der Waals surface area (Å²) < 4.78 is 11.9. The summed E-state index contributed by atoms with van der Waals surface area (Å²) in [4.78, 5) is 0. The van der Waals surface area contributed by atoms with E-state index in [1.165, 1.54) is 13.5 Å². The van der Waals surface area contributed by atoms with Gasteiger partial charge in [0.05, 0.1) is 39.5 Å². The van der Waals surface area contributed by atoms with Gasteiger partial charge in [0.1, 0.15) is 6.54 Å². The van der Waals surface area contributed by atoms with Crippen LogP contribution in [0.1, 0.15) is 137 Å². The predicted octanol–water partition coefficient (Wildman–Crippen LogP) is 9.29. The van der Waals surface area contributed by atoms with E-state index in [1.807, 2.05) is 0 Å². The number of aliphatic hydroxyl groups excluding tert-OH is 3. The number of aliphatic hydroxyl groups is 3. The third-order valence-corrected chi connectivity index (χ3v) is 15.4. The van der Waals surface area contributed by atoms with Gasteiger partial charge in [0.25, 0.3) is 0 Å². The van der Waals surface area contributed by atoms with E-state index < -0.39 is 12.6 Å². The predicted molar refractivity (Wildman–Crippen MR) is 233 cm³/mol. The lowest BCUT2D eigenvalue weighted by Crippen LogP contribution is -2.58. The maximum Gasteiger partial charge on any atom is 0.154 e. The standard InChI is InChI=1S/C50H85NO6/c1-8-9-10-11-12-13-14-15-16-17-18-19-20-21-22-23-24-25-46(55)57-33-32-51(5,6)37-39-34-43-47-42(49(3)30-28-41(52)35-40(49)36-44(47)53)29-31-50(43,4)48(39)38(2)26-27-45(54)56-7/h9-10,12-13,15-16,18-19,21-22,38-48,52-53,55H,8,11,14,17,20,23-37H2,1-7H3/b10-9-,13-12-,16-15-,19-18-,22-21-/t38-,39?,40+,41-,42+,43+,44+,45?,46?,47-,48+,49+,50+/m1/s1. The zero-order valence-electron chi connectivity index (χ0n) is 37.3. The van der Waals surface area contributed by atoms with Crippen LogP contribution in [0.25, 0.3) is 0 Å². The lowest BCUT2D eigenvalue weighted by Gasteiger charge is -2.62. The van der Waals surface area contributed by atoms with Crippen molar-refractivity contribution in [2.45, 2.75) is 162 Å². The summed E-state index contributed by atoms with van der Waals surface area (Å²) >= 11 is 0. The van der Waals surface area contributed by atoms with E-state index >= 15 is 0 Å². The zero-order chi connectivity index (χ0) is 41.5. The van der Waals surface area contributed by atoms with Gasteiger partial charge in [0, 0.05) is 13.0 Å². The summed E-state index contributed by atoms with van der Waals surface area (Å²) in [6, 6.07) is 0. The van der Waals surface area contributed by atoms with E-state index in [0.29, 0.717) is 60.9 Å². The van der Waals surface area contributed by atoms with Gasteiger partial charge in [-0.25, -0.2) is 0 Å². The van der Waals surface area contributed by atoms with Crippen LogP contribution in [0, 0.1) is 52.3 Å². The number of hydrogen-bond acceptors (Lipinski definition) is 6. The molecule has 3 unspecified atom stereocenters. The van der Waals surface area contributed by atoms with Gasteiger partial charge >= 0.3 is 0 Å². The maximum atomic E-state index is 12.4. The maximum absolute atomic E-state index is 12.4. The van der Waals surface area contributed by atoms with Crippen molar-refractivity contribution in [1.82, 2.24) is 0 Å². The van der Waals surface area contributed by atoms with Gasteiger partial charge in [0.2, 0.25) is 0 Å². The first kappa shape index (κ1) is 48.1. The van der Waals surface area contributed by atoms with E-state index in [0.717, 1.165) is 107 Å². The molecule has 4 rings (SSSR count). The molecule has 57 heavy (non-hydrogen) atoms. The molecule has 4 aliphatic rings. The normalized spacial score (nSPS) is 35.1. The Morgan fingerprint density at radius 3 is 2.04 bits per heavy atom. The van der Waals surface area contributed by atoms with Crippen LogP contribution in [0.4, 0.5) is 0 Å². The number of quaternary nitrogens is 1. The molecule has 4 fully saturated rings. The smallest absolute Gasteiger partial charge is 0.154 e. The van der Waals surface area contributed by atoms with Crippen LogP contribution in [0.3, 0.4) is 0 Å². The fourth-order valence-electron chi connectivity index (χ4n) is 12.4. The van der Waals surface area contributed by atoms with Crippen LogP contribution in [-0.2, 0) is 9.47 Å². The highest BCUT2D eigenvalue weighted by Gasteiger charge is 2.65. The Labute approximate surface area is 349 Å². The molecule has 4 aliphatic carbocycles. The fraction of sp³-hybridized carbons (Fsp3) is 0.800. The second-order valence-corrected chi connectivity index (χ2v) is 19.8. The fourth-order valence-corrected chi connectivity index (χ4v) is 12.4. The van der Waals surface area contributed by atoms with E-state index in [4.69, 9.17) is 9.47 Å². The monoisotopic (exact) mass is 796 g/mol. The third-order valence-electron chi connectivity index (χ3n) is 15.4. The van der Waals surface area contributed by atoms with E-state index in [-0.39, 0.29) is 23.0 Å². The molecule has 0 aromatic rings. The summed E-state index contributed by atoms with van der Waals surface area (Å²) in [5, 5.41) is 45.5. The second kappa shape index (κ2) is 23.4. The highest BCUT2D eigenvalue weighted by molar-refractivity contribution is 5.13. The lowest BCUT2D eigenvalue weighted by molar-refractivity contribution is -0.894. The highest BCUT2D eigenvalue weighted by atomic mass is 16.6. The first-order chi connectivity index (χ1) is 27.3. The molecule has 7 nitrogen and oxygen atoms in total. The number of methoxy groups -OCH3 is 1. The summed E-state index contributed by atoms with van der Waals surface area (Å²) in [6.07, 6.45) is 35.8. The topological polar surface area (TPSA) is 102 Å². The first-order valence-electron chi connectivity index (χ1n) is 23.2. The molecule has 0 bridgehead atoms. The molecule has 326 valence electrons. The van der Waals surface area contributed by atoms with Crippen molar-refractivity contribution in [3.8, 4) is 0 Å². The van der Waals surface area contributed by atoms with E-state index in [2.05, 4.69) is 103 Å². The largest absolute Gasteiger partial charge is 0.831 e. The SMILES string of the molecule is CC/C=C\C/C=C\C/C=C\C/C=C\C/C=C\CCCC(O)OCC[N+](C)(C)CC1C[C@H]2[C@@H]3[C@@H](O)C[C@@H]4C[C@H](O)CC[C@]4(C)[C@H]3CC[C@]2(C)[C@H]1[C@H](C)CCC([O-])OC. The minimum atomic E-state index is -0.978. The summed E-state index contributed by atoms with van der Waals surface area (Å²) in [5.74, 6) is 3.01. The van der Waals surface area contributed by atoms with E-state index in [1.54, 1.807) is 0 Å². The lowest BCUT2D eigenvalue weighted by atomic mass is 9.43. The summed E-state index contributed by atoms with van der Waals surface area (Å²) in [7, 11) is 6.13. The zero-order valence-corrected chi connectivity index (χ0v) is 37.3. The van der Waals surface area contributed by atoms with Crippen molar-refractivity contribution in [2.75, 3.05) is 40.9 Å². The van der Waals surface area contributed by atoms with Crippen molar-refractivity contribution in [1.29, 1.82) is 0 Å². The number of allylic oxidation sites excluding steroid dienone is 10. The Bertz CT molecular complexity index is 1310. The molecule has 7 heteroatoms. The average Bonchev–Trinajstić information content (AvgIpc) is 3.46. The Balaban J connectivity index is 1.24. The quantitative estimate of drug-likeness (QED) is 0.0390. The molecule has 0 aliphatic heterocycles. The van der Waals surface area contributed by atoms with Crippen LogP contribution < -0.4 is 5.11 Å². The van der Waals surface area contributed by atoms with Crippen LogP contribution in [0.5, 0.6) is 0 Å². The highest BCUT2D eigenvalue weighted by Crippen LogP contribution is 2.69. The Morgan fingerprint density at radius 1 is 0.789 bits per heavy atom. The van der Waals surface area contributed by atoms with Gasteiger partial charge in [-0.1, -0.05) is 88.5 Å². The van der Waals surface area contributed by atoms with Crippen LogP contribution in [0.15, 0.2) is 60.8 Å². The molecule has 13 atom stereocenters. The molecular weight excluding hydrogens is 711 g/mol. The van der Waals surface area contributed by atoms with Crippen molar-refractivity contribution >= 4 is 0 Å². The van der Waals surface area contributed by atoms with Gasteiger partial charge in [-0.2, -0.15) is 0 Å². The number of ether oxygens (including phenoxy) is 2. The number of nitrogens with zero attached hydrogens (tertiary/aromatic N) is 1. The van der Waals surface area contributed by atoms with E-state index in [9.17, 15) is 20.4 Å². The number of hydrogen-bond donors (Lipinski definition) is 3. The molecule has 0 heterocycles. The molecule has 0 saturated heterocycles. The third kappa shape index (κ3) is 13.7. The number of unbranched alkanes of at least 4 members (excludes halogenated alkanes) is 1. The Kier molecular flexibility index (Phi) is 19.8. The minimum absolute atomic E-state index is 0.118. The van der Waals surface area contributed by atoms with Gasteiger partial charge in [-0.3, -0.25) is 0 Å². The van der Waals surface area contributed by atoms with Crippen molar-refractivity contribution < 1.29 is 34.4 Å². The minimum Gasteiger partial charge on any atom is -0.831 e. The molecule has 0 aromatic heterocycles.